The lowest BCUT2D eigenvalue weighted by Crippen LogP contribution is -2.47. The van der Waals surface area contributed by atoms with Gasteiger partial charge >= 0.3 is 0 Å². The van der Waals surface area contributed by atoms with Crippen LogP contribution in [0, 0.1) is 5.92 Å². The first-order chi connectivity index (χ1) is 13.5. The van der Waals surface area contributed by atoms with Gasteiger partial charge in [-0.3, -0.25) is 14.5 Å². The average molecular weight is 402 g/mol. The normalized spacial score (nSPS) is 16.4. The number of carbonyl (C=O) groups excluding carboxylic acids is 2. The Morgan fingerprint density at radius 3 is 2.50 bits per heavy atom. The molecule has 1 aromatic carbocycles. The van der Waals surface area contributed by atoms with E-state index in [-0.39, 0.29) is 28.8 Å². The van der Waals surface area contributed by atoms with Gasteiger partial charge in [0.15, 0.2) is 10.9 Å². The summed E-state index contributed by atoms with van der Waals surface area (Å²) >= 11 is 6.01. The number of Topliss-reactive ketones (excluding diaryl/α,β-unsaturated/α-hetero) is 1. The molecule has 1 aliphatic rings. The number of rotatable bonds is 6. The molecule has 2 heterocycles. The standard InChI is InChI=1S/C21H24ClN3O3/c1-14(21(27)24-18-4-3-11-23-20(18)22)25-12-9-16(10-13-25)19(26)15-5-7-17(28-2)8-6-15/h3-8,11,14,16H,9-10,12-13H2,1-2H3,(H,24,27). The van der Waals surface area contributed by atoms with E-state index in [0.717, 1.165) is 18.6 Å². The largest absolute Gasteiger partial charge is 0.497 e. The number of hydrogen-bond donors (Lipinski definition) is 1. The molecule has 3 rings (SSSR count). The second kappa shape index (κ2) is 9.17. The maximum absolute atomic E-state index is 12.7. The molecule has 1 saturated heterocycles. The molecular formula is C21H24ClN3O3. The van der Waals surface area contributed by atoms with Crippen molar-refractivity contribution in [3.8, 4) is 5.75 Å². The number of aromatic nitrogens is 1. The van der Waals surface area contributed by atoms with E-state index in [2.05, 4.69) is 15.2 Å². The number of amides is 1. The van der Waals surface area contributed by atoms with Gasteiger partial charge in [0.05, 0.1) is 18.8 Å². The van der Waals surface area contributed by atoms with Gasteiger partial charge in [-0.1, -0.05) is 11.6 Å². The highest BCUT2D eigenvalue weighted by atomic mass is 35.5. The highest BCUT2D eigenvalue weighted by Gasteiger charge is 2.30. The number of nitrogens with zero attached hydrogens (tertiary/aromatic N) is 2. The van der Waals surface area contributed by atoms with E-state index in [1.54, 1.807) is 49.7 Å². The molecule has 1 amide bonds. The van der Waals surface area contributed by atoms with Crippen LogP contribution in [0.25, 0.3) is 0 Å². The number of carbonyl (C=O) groups is 2. The van der Waals surface area contributed by atoms with E-state index < -0.39 is 0 Å². The highest BCUT2D eigenvalue weighted by molar-refractivity contribution is 6.32. The van der Waals surface area contributed by atoms with Gasteiger partial charge in [0, 0.05) is 17.7 Å². The van der Waals surface area contributed by atoms with Crippen molar-refractivity contribution < 1.29 is 14.3 Å². The highest BCUT2D eigenvalue weighted by Crippen LogP contribution is 2.25. The van der Waals surface area contributed by atoms with Gasteiger partial charge in [0.25, 0.3) is 0 Å². The first-order valence-corrected chi connectivity index (χ1v) is 9.71. The number of ether oxygens (including phenoxy) is 1. The predicted octanol–water partition coefficient (Wildman–Crippen LogP) is 3.67. The van der Waals surface area contributed by atoms with Gasteiger partial charge < -0.3 is 10.1 Å². The Morgan fingerprint density at radius 1 is 1.21 bits per heavy atom. The van der Waals surface area contributed by atoms with Crippen molar-refractivity contribution >= 4 is 29.0 Å². The molecule has 1 aliphatic heterocycles. The number of nitrogens with one attached hydrogen (secondary N) is 1. The lowest BCUT2D eigenvalue weighted by Gasteiger charge is -2.34. The van der Waals surface area contributed by atoms with Crippen LogP contribution in [0.15, 0.2) is 42.6 Å². The van der Waals surface area contributed by atoms with Crippen molar-refractivity contribution in [1.29, 1.82) is 0 Å². The Bertz CT molecular complexity index is 833. The molecule has 1 N–H and O–H groups in total. The zero-order chi connectivity index (χ0) is 20.1. The van der Waals surface area contributed by atoms with Crippen molar-refractivity contribution in [3.05, 3.63) is 53.3 Å². The Morgan fingerprint density at radius 2 is 1.89 bits per heavy atom. The summed E-state index contributed by atoms with van der Waals surface area (Å²) < 4.78 is 5.14. The molecule has 0 bridgehead atoms. The van der Waals surface area contributed by atoms with Crippen LogP contribution in [-0.2, 0) is 4.79 Å². The van der Waals surface area contributed by atoms with Crippen LogP contribution in [0.2, 0.25) is 5.15 Å². The molecule has 0 saturated carbocycles. The average Bonchev–Trinajstić information content (AvgIpc) is 2.74. The molecule has 148 valence electrons. The molecule has 0 spiro atoms. The third kappa shape index (κ3) is 4.69. The van der Waals surface area contributed by atoms with Gasteiger partial charge in [-0.2, -0.15) is 0 Å². The molecule has 6 nitrogen and oxygen atoms in total. The smallest absolute Gasteiger partial charge is 0.241 e. The summed E-state index contributed by atoms with van der Waals surface area (Å²) in [6, 6.07) is 10.4. The molecular weight excluding hydrogens is 378 g/mol. The molecule has 28 heavy (non-hydrogen) atoms. The molecule has 1 aromatic heterocycles. The number of halogens is 1. The number of hydrogen-bond acceptors (Lipinski definition) is 5. The number of anilines is 1. The molecule has 7 heteroatoms. The van der Waals surface area contributed by atoms with Crippen molar-refractivity contribution in [2.75, 3.05) is 25.5 Å². The van der Waals surface area contributed by atoms with Crippen molar-refractivity contribution in [2.45, 2.75) is 25.8 Å². The maximum Gasteiger partial charge on any atom is 0.241 e. The summed E-state index contributed by atoms with van der Waals surface area (Å²) in [5.74, 6) is 0.740. The van der Waals surface area contributed by atoms with Crippen LogP contribution in [0.5, 0.6) is 5.75 Å². The summed E-state index contributed by atoms with van der Waals surface area (Å²) in [5.41, 5.74) is 1.21. The zero-order valence-corrected chi connectivity index (χ0v) is 16.8. The maximum atomic E-state index is 12.7. The number of pyridine rings is 1. The molecule has 1 atom stereocenters. The Balaban J connectivity index is 1.54. The number of benzene rings is 1. The van der Waals surface area contributed by atoms with Crippen LogP contribution < -0.4 is 10.1 Å². The van der Waals surface area contributed by atoms with Crippen molar-refractivity contribution in [2.24, 2.45) is 5.92 Å². The van der Waals surface area contributed by atoms with E-state index >= 15 is 0 Å². The number of ketones is 1. The lowest BCUT2D eigenvalue weighted by molar-refractivity contribution is -0.121. The predicted molar refractivity (Wildman–Crippen MR) is 109 cm³/mol. The second-order valence-corrected chi connectivity index (χ2v) is 7.27. The van der Waals surface area contributed by atoms with E-state index in [1.165, 1.54) is 0 Å². The van der Waals surface area contributed by atoms with Gasteiger partial charge in [-0.15, -0.1) is 0 Å². The third-order valence-corrected chi connectivity index (χ3v) is 5.52. The Hall–Kier alpha value is -2.44. The minimum Gasteiger partial charge on any atom is -0.497 e. The van der Waals surface area contributed by atoms with Crippen LogP contribution >= 0.6 is 11.6 Å². The molecule has 0 aliphatic carbocycles. The summed E-state index contributed by atoms with van der Waals surface area (Å²) in [5, 5.41) is 3.09. The van der Waals surface area contributed by atoms with Gasteiger partial charge in [0.1, 0.15) is 5.75 Å². The first-order valence-electron chi connectivity index (χ1n) is 9.33. The zero-order valence-electron chi connectivity index (χ0n) is 16.0. The third-order valence-electron chi connectivity index (χ3n) is 5.22. The Kier molecular flexibility index (Phi) is 6.65. The number of piperidine rings is 1. The number of likely N-dealkylation sites (tertiary alicyclic amines) is 1. The fourth-order valence-corrected chi connectivity index (χ4v) is 3.59. The van der Waals surface area contributed by atoms with Crippen LogP contribution in [0.3, 0.4) is 0 Å². The molecule has 1 unspecified atom stereocenters. The summed E-state index contributed by atoms with van der Waals surface area (Å²) in [7, 11) is 1.60. The van der Waals surface area contributed by atoms with Gasteiger partial charge in [-0.05, 0) is 69.3 Å². The van der Waals surface area contributed by atoms with Gasteiger partial charge in [0.2, 0.25) is 5.91 Å². The summed E-state index contributed by atoms with van der Waals surface area (Å²) in [6.07, 6.45) is 3.04. The van der Waals surface area contributed by atoms with E-state index in [0.29, 0.717) is 24.3 Å². The molecule has 1 fully saturated rings. The monoisotopic (exact) mass is 401 g/mol. The van der Waals surface area contributed by atoms with Crippen molar-refractivity contribution in [1.82, 2.24) is 9.88 Å². The van der Waals surface area contributed by atoms with E-state index in [4.69, 9.17) is 16.3 Å². The van der Waals surface area contributed by atoms with Gasteiger partial charge in [-0.25, -0.2) is 4.98 Å². The van der Waals surface area contributed by atoms with Crippen LogP contribution in [0.4, 0.5) is 5.69 Å². The SMILES string of the molecule is COc1ccc(C(=O)C2CCN(C(C)C(=O)Nc3cccnc3Cl)CC2)cc1. The number of methoxy groups -OCH3 is 1. The van der Waals surface area contributed by atoms with E-state index in [1.807, 2.05) is 6.92 Å². The van der Waals surface area contributed by atoms with Crippen LogP contribution in [-0.4, -0.2) is 47.8 Å². The summed E-state index contributed by atoms with van der Waals surface area (Å²) in [4.78, 5) is 31.3. The van der Waals surface area contributed by atoms with Crippen LogP contribution in [0.1, 0.15) is 30.1 Å². The fourth-order valence-electron chi connectivity index (χ4n) is 3.42. The molecule has 0 radical (unpaired) electrons. The fraction of sp³-hybridized carbons (Fsp3) is 0.381. The van der Waals surface area contributed by atoms with Crippen molar-refractivity contribution in [3.63, 3.8) is 0 Å². The quantitative estimate of drug-likeness (QED) is 0.590. The summed E-state index contributed by atoms with van der Waals surface area (Å²) in [6.45, 7) is 3.26. The second-order valence-electron chi connectivity index (χ2n) is 6.91. The first kappa shape index (κ1) is 20.3. The lowest BCUT2D eigenvalue weighted by atomic mass is 9.88. The Labute approximate surface area is 169 Å². The van der Waals surface area contributed by atoms with E-state index in [9.17, 15) is 9.59 Å². The minimum atomic E-state index is -0.312. The minimum absolute atomic E-state index is 0.0207. The molecule has 2 aromatic rings. The topological polar surface area (TPSA) is 71.5 Å².